The molecule has 1 amide bonds. The van der Waals surface area contributed by atoms with Crippen LogP contribution in [0.5, 0.6) is 11.5 Å². The number of amides is 1. The van der Waals surface area contributed by atoms with E-state index in [9.17, 15) is 4.79 Å². The van der Waals surface area contributed by atoms with Gasteiger partial charge >= 0.3 is 0 Å². The molecule has 0 aliphatic carbocycles. The van der Waals surface area contributed by atoms with Crippen molar-refractivity contribution in [3.8, 4) is 11.5 Å². The van der Waals surface area contributed by atoms with E-state index in [4.69, 9.17) is 23.9 Å². The van der Waals surface area contributed by atoms with Gasteiger partial charge in [-0.3, -0.25) is 4.79 Å². The number of fused-ring (bicyclic) bond motifs is 1. The smallest absolute Gasteiger partial charge is 0.258 e. The molecule has 0 spiro atoms. The normalized spacial score (nSPS) is 17.8. The number of benzene rings is 2. The maximum absolute atomic E-state index is 13.9. The van der Waals surface area contributed by atoms with Crippen LogP contribution in [0.3, 0.4) is 0 Å². The second-order valence-electron chi connectivity index (χ2n) is 9.15. The van der Waals surface area contributed by atoms with Gasteiger partial charge < -0.3 is 28.7 Å². The molecule has 0 unspecified atom stereocenters. The van der Waals surface area contributed by atoms with Gasteiger partial charge in [0, 0.05) is 49.8 Å². The minimum absolute atomic E-state index is 0.0215. The van der Waals surface area contributed by atoms with Crippen molar-refractivity contribution >= 4 is 22.6 Å². The van der Waals surface area contributed by atoms with E-state index in [0.717, 1.165) is 60.6 Å². The largest absolute Gasteiger partial charge is 0.497 e. The van der Waals surface area contributed by atoms with E-state index in [1.807, 2.05) is 47.4 Å². The number of aromatic nitrogens is 1. The number of morpholine rings is 1. The third kappa shape index (κ3) is 5.24. The highest BCUT2D eigenvalue weighted by Crippen LogP contribution is 2.30. The first-order valence-electron chi connectivity index (χ1n) is 12.5. The van der Waals surface area contributed by atoms with E-state index in [-0.39, 0.29) is 12.0 Å². The van der Waals surface area contributed by atoms with Gasteiger partial charge in [-0.2, -0.15) is 0 Å². The number of ether oxygens (including phenoxy) is 4. The number of pyridine rings is 1. The molecule has 8 heteroatoms. The molecule has 190 valence electrons. The molecule has 0 saturated carbocycles. The van der Waals surface area contributed by atoms with Gasteiger partial charge in [-0.25, -0.2) is 4.98 Å². The van der Waals surface area contributed by atoms with Crippen LogP contribution in [0.2, 0.25) is 0 Å². The Morgan fingerprint density at radius 2 is 1.92 bits per heavy atom. The summed E-state index contributed by atoms with van der Waals surface area (Å²) in [6.07, 6.45) is 1.98. The van der Waals surface area contributed by atoms with Gasteiger partial charge in [-0.05, 0) is 43.2 Å². The first-order valence-corrected chi connectivity index (χ1v) is 12.5. The lowest BCUT2D eigenvalue weighted by Gasteiger charge is -2.32. The molecule has 0 radical (unpaired) electrons. The van der Waals surface area contributed by atoms with Crippen LogP contribution in [0.1, 0.15) is 28.8 Å². The van der Waals surface area contributed by atoms with Crippen molar-refractivity contribution in [3.05, 3.63) is 59.7 Å². The number of hydrogen-bond donors (Lipinski definition) is 0. The zero-order valence-electron chi connectivity index (χ0n) is 20.9. The lowest BCUT2D eigenvalue weighted by molar-refractivity contribution is 0.0504. The molecule has 1 atom stereocenters. The number of nitrogens with zero attached hydrogens (tertiary/aromatic N) is 3. The molecule has 2 fully saturated rings. The zero-order valence-corrected chi connectivity index (χ0v) is 20.9. The Labute approximate surface area is 211 Å². The van der Waals surface area contributed by atoms with Crippen LogP contribution < -0.4 is 14.4 Å². The van der Waals surface area contributed by atoms with E-state index in [0.29, 0.717) is 37.6 Å². The fourth-order valence-electron chi connectivity index (χ4n) is 4.92. The van der Waals surface area contributed by atoms with Crippen LogP contribution >= 0.6 is 0 Å². The number of methoxy groups -OCH3 is 2. The van der Waals surface area contributed by atoms with Gasteiger partial charge in [-0.1, -0.05) is 12.1 Å². The van der Waals surface area contributed by atoms with Crippen molar-refractivity contribution < 1.29 is 23.7 Å². The van der Waals surface area contributed by atoms with Gasteiger partial charge in [0.05, 0.1) is 44.6 Å². The summed E-state index contributed by atoms with van der Waals surface area (Å²) in [5, 5.41) is 1.00. The van der Waals surface area contributed by atoms with E-state index in [1.165, 1.54) is 0 Å². The highest BCUT2D eigenvalue weighted by molar-refractivity contribution is 5.97. The van der Waals surface area contributed by atoms with Crippen molar-refractivity contribution in [1.29, 1.82) is 0 Å². The van der Waals surface area contributed by atoms with E-state index < -0.39 is 0 Å². The number of rotatable bonds is 8. The van der Waals surface area contributed by atoms with Crippen LogP contribution in [0.25, 0.3) is 10.9 Å². The summed E-state index contributed by atoms with van der Waals surface area (Å²) in [4.78, 5) is 23.1. The fourth-order valence-corrected chi connectivity index (χ4v) is 4.92. The van der Waals surface area contributed by atoms with Crippen molar-refractivity contribution in [3.63, 3.8) is 0 Å². The van der Waals surface area contributed by atoms with E-state index in [1.54, 1.807) is 14.2 Å². The molecule has 0 bridgehead atoms. The number of anilines is 1. The van der Waals surface area contributed by atoms with E-state index in [2.05, 4.69) is 11.0 Å². The molecule has 1 aromatic heterocycles. The average molecular weight is 492 g/mol. The Bertz CT molecular complexity index is 1210. The first kappa shape index (κ1) is 24.3. The summed E-state index contributed by atoms with van der Waals surface area (Å²) in [6.45, 7) is 4.47. The quantitative estimate of drug-likeness (QED) is 0.473. The summed E-state index contributed by atoms with van der Waals surface area (Å²) in [5.74, 6) is 2.13. The van der Waals surface area contributed by atoms with Crippen LogP contribution in [0.15, 0.2) is 48.5 Å². The Morgan fingerprint density at radius 3 is 2.67 bits per heavy atom. The maximum atomic E-state index is 13.9. The molecule has 8 nitrogen and oxygen atoms in total. The summed E-state index contributed by atoms with van der Waals surface area (Å²) in [7, 11) is 3.25. The Balaban J connectivity index is 1.54. The van der Waals surface area contributed by atoms with Crippen molar-refractivity contribution in [2.75, 3.05) is 58.6 Å². The zero-order chi connectivity index (χ0) is 24.9. The van der Waals surface area contributed by atoms with Gasteiger partial charge in [-0.15, -0.1) is 0 Å². The maximum Gasteiger partial charge on any atom is 0.258 e. The lowest BCUT2D eigenvalue weighted by atomic mass is 10.1. The lowest BCUT2D eigenvalue weighted by Crippen LogP contribution is -2.40. The van der Waals surface area contributed by atoms with Crippen LogP contribution in [-0.4, -0.2) is 75.6 Å². The molecule has 2 aromatic carbocycles. The van der Waals surface area contributed by atoms with Crippen molar-refractivity contribution in [2.24, 2.45) is 0 Å². The molecule has 2 saturated heterocycles. The predicted octanol–water partition coefficient (Wildman–Crippen LogP) is 3.91. The summed E-state index contributed by atoms with van der Waals surface area (Å²) in [6, 6.07) is 15.4. The summed E-state index contributed by atoms with van der Waals surface area (Å²) < 4.78 is 22.5. The van der Waals surface area contributed by atoms with E-state index >= 15 is 0 Å². The molecule has 2 aliphatic rings. The third-order valence-corrected chi connectivity index (χ3v) is 6.83. The number of hydrogen-bond acceptors (Lipinski definition) is 7. The Hall–Kier alpha value is -3.36. The minimum atomic E-state index is -0.0781. The monoisotopic (exact) mass is 491 g/mol. The minimum Gasteiger partial charge on any atom is -0.497 e. The molecule has 2 aliphatic heterocycles. The van der Waals surface area contributed by atoms with Gasteiger partial charge in [0.2, 0.25) is 0 Å². The van der Waals surface area contributed by atoms with Crippen LogP contribution in [0.4, 0.5) is 5.82 Å². The SMILES string of the molecule is COc1ccc2cc(CN(C[C@@H]3CCCO3)C(=O)c3ccccc3OC)c(N3CCOCC3)nc2c1. The first-order chi connectivity index (χ1) is 17.7. The second-order valence-corrected chi connectivity index (χ2v) is 9.15. The third-order valence-electron chi connectivity index (χ3n) is 6.83. The number of para-hydroxylation sites is 1. The molecule has 3 aromatic rings. The predicted molar refractivity (Wildman–Crippen MR) is 138 cm³/mol. The number of carbonyl (C=O) groups is 1. The highest BCUT2D eigenvalue weighted by Gasteiger charge is 2.27. The average Bonchev–Trinajstić information content (AvgIpc) is 3.45. The summed E-state index contributed by atoms with van der Waals surface area (Å²) >= 11 is 0. The van der Waals surface area contributed by atoms with Gasteiger partial charge in [0.25, 0.3) is 5.91 Å². The molecule has 0 N–H and O–H groups in total. The standard InChI is InChI=1S/C28H33N3O5/c1-33-22-10-9-20-16-21(27(29-25(20)17-22)30-11-14-35-15-12-30)18-31(19-23-6-5-13-36-23)28(32)24-7-3-4-8-26(24)34-2/h3-4,7-10,16-17,23H,5-6,11-15,18-19H2,1-2H3/t23-/m0/s1. The highest BCUT2D eigenvalue weighted by atomic mass is 16.5. The van der Waals surface area contributed by atoms with Gasteiger partial charge in [0.15, 0.2) is 0 Å². The van der Waals surface area contributed by atoms with Crippen molar-refractivity contribution in [1.82, 2.24) is 9.88 Å². The van der Waals surface area contributed by atoms with Crippen LogP contribution in [0, 0.1) is 0 Å². The molecular formula is C28H33N3O5. The topological polar surface area (TPSA) is 73.4 Å². The second kappa shape index (κ2) is 11.1. The fraction of sp³-hybridized carbons (Fsp3) is 0.429. The molecule has 5 rings (SSSR count). The Morgan fingerprint density at radius 1 is 1.08 bits per heavy atom. The Kier molecular flexibility index (Phi) is 7.53. The number of carbonyl (C=O) groups excluding carboxylic acids is 1. The molecular weight excluding hydrogens is 458 g/mol. The molecule has 3 heterocycles. The van der Waals surface area contributed by atoms with Gasteiger partial charge in [0.1, 0.15) is 17.3 Å². The van der Waals surface area contributed by atoms with Crippen molar-refractivity contribution in [2.45, 2.75) is 25.5 Å². The summed E-state index contributed by atoms with van der Waals surface area (Å²) in [5.41, 5.74) is 2.40. The molecule has 36 heavy (non-hydrogen) atoms. The van der Waals surface area contributed by atoms with Crippen LogP contribution in [-0.2, 0) is 16.0 Å².